The van der Waals surface area contributed by atoms with E-state index in [1.165, 1.54) is 0 Å². The second-order valence-corrected chi connectivity index (χ2v) is 2.01. The van der Waals surface area contributed by atoms with Crippen molar-refractivity contribution in [3.63, 3.8) is 0 Å². The highest BCUT2D eigenvalue weighted by molar-refractivity contribution is 5.18. The van der Waals surface area contributed by atoms with Crippen LogP contribution in [-0.2, 0) is 11.0 Å². The summed E-state index contributed by atoms with van der Waals surface area (Å²) in [5.41, 5.74) is -0.961. The number of carbonyl (C=O) groups is 1. The smallest absolute Gasteiger partial charge is 0.307 e. The van der Waals surface area contributed by atoms with E-state index in [1.807, 2.05) is 6.79 Å². The van der Waals surface area contributed by atoms with E-state index in [4.69, 9.17) is 4.79 Å². The lowest BCUT2D eigenvalue weighted by Gasteiger charge is -2.04. The first-order valence-corrected chi connectivity index (χ1v) is 3.12. The summed E-state index contributed by atoms with van der Waals surface area (Å²) in [6.07, 6.45) is -4.46. The van der Waals surface area contributed by atoms with Gasteiger partial charge in [0.1, 0.15) is 12.6 Å². The summed E-state index contributed by atoms with van der Waals surface area (Å²) in [7, 11) is 0. The number of benzene rings is 1. The first kappa shape index (κ1) is 11.6. The molecular weight excluding hydrogens is 188 g/mol. The minimum atomic E-state index is -4.46. The first-order valence-electron chi connectivity index (χ1n) is 3.12. The van der Waals surface area contributed by atoms with Crippen LogP contribution in [0.1, 0.15) is 5.56 Å². The molecule has 1 aromatic rings. The van der Waals surface area contributed by atoms with Crippen LogP contribution in [0.5, 0.6) is 0 Å². The number of rotatable bonds is 0. The molecule has 0 saturated carbocycles. The Bertz CT molecular complexity index is 269. The molecule has 0 amide bonds. The molecule has 0 aliphatic heterocycles. The fraction of sp³-hybridized carbons (Fsp3) is 0.125. The molecule has 0 N–H and O–H groups in total. The molecule has 1 aromatic carbocycles. The lowest BCUT2D eigenvalue weighted by Crippen LogP contribution is -2.04. The highest BCUT2D eigenvalue weighted by Crippen LogP contribution is 2.28. The summed E-state index contributed by atoms with van der Waals surface area (Å²) in [6.45, 7) is 2.00. The predicted molar refractivity (Wildman–Crippen MR) is 38.5 cm³/mol. The zero-order valence-electron chi connectivity index (χ0n) is 6.44. The minimum absolute atomic E-state index is 0.458. The van der Waals surface area contributed by atoms with Crippen LogP contribution in [0.15, 0.2) is 24.3 Å². The van der Waals surface area contributed by atoms with Gasteiger partial charge in [0.15, 0.2) is 0 Å². The Morgan fingerprint density at radius 2 is 1.69 bits per heavy atom. The monoisotopic (exact) mass is 194 g/mol. The molecule has 0 aliphatic rings. The lowest BCUT2D eigenvalue weighted by atomic mass is 10.2. The molecule has 0 unspecified atom stereocenters. The van der Waals surface area contributed by atoms with E-state index < -0.39 is 17.6 Å². The Kier molecular flexibility index (Phi) is 4.10. The van der Waals surface area contributed by atoms with Crippen molar-refractivity contribution >= 4 is 6.79 Å². The maximum atomic E-state index is 12.2. The highest BCUT2D eigenvalue weighted by atomic mass is 19.4. The van der Waals surface area contributed by atoms with Gasteiger partial charge in [-0.15, -0.1) is 0 Å². The number of hydrogen-bond acceptors (Lipinski definition) is 1. The van der Waals surface area contributed by atoms with Gasteiger partial charge in [-0.3, -0.25) is 0 Å². The first-order chi connectivity index (χ1) is 6.00. The number of halogens is 4. The zero-order chi connectivity index (χ0) is 10.5. The van der Waals surface area contributed by atoms with E-state index in [0.717, 1.165) is 18.2 Å². The van der Waals surface area contributed by atoms with E-state index >= 15 is 0 Å². The summed E-state index contributed by atoms with van der Waals surface area (Å²) >= 11 is 0. The van der Waals surface area contributed by atoms with Crippen molar-refractivity contribution < 1.29 is 22.4 Å². The summed E-state index contributed by atoms with van der Waals surface area (Å²) in [5.74, 6) is -0.875. The normalized spacial score (nSPS) is 10.2. The Morgan fingerprint density at radius 3 is 2.00 bits per heavy atom. The molecule has 0 heterocycles. The van der Waals surface area contributed by atoms with Gasteiger partial charge >= 0.3 is 6.18 Å². The number of carbonyl (C=O) groups excluding carboxylic acids is 1. The third-order valence-corrected chi connectivity index (χ3v) is 1.15. The van der Waals surface area contributed by atoms with Gasteiger partial charge in [0.05, 0.1) is 5.56 Å². The van der Waals surface area contributed by atoms with Gasteiger partial charge in [0, 0.05) is 0 Å². The molecule has 0 aromatic heterocycles. The van der Waals surface area contributed by atoms with Crippen molar-refractivity contribution in [1.29, 1.82) is 0 Å². The lowest BCUT2D eigenvalue weighted by molar-refractivity contribution is -0.137. The van der Waals surface area contributed by atoms with Crippen LogP contribution in [0, 0.1) is 5.82 Å². The molecule has 0 fully saturated rings. The maximum Gasteiger partial charge on any atom is 0.416 e. The fourth-order valence-corrected chi connectivity index (χ4v) is 0.665. The average molecular weight is 194 g/mol. The summed E-state index contributed by atoms with van der Waals surface area (Å²) < 4.78 is 47.6. The predicted octanol–water partition coefficient (Wildman–Crippen LogP) is 2.66. The van der Waals surface area contributed by atoms with Gasteiger partial charge in [-0.05, 0) is 18.2 Å². The SMILES string of the molecule is C=O.Fc1cccc(C(F)(F)F)c1. The standard InChI is InChI=1S/C7H4F4.CH2O/c8-6-3-1-2-5(4-6)7(9,10)11;1-2/h1-4H;1H2. The Labute approximate surface area is 72.0 Å². The molecule has 0 spiro atoms. The van der Waals surface area contributed by atoms with E-state index in [2.05, 4.69) is 0 Å². The molecule has 72 valence electrons. The average Bonchev–Trinajstić information content (AvgIpc) is 2.06. The largest absolute Gasteiger partial charge is 0.416 e. The maximum absolute atomic E-state index is 12.2. The molecule has 0 radical (unpaired) electrons. The van der Waals surface area contributed by atoms with E-state index in [1.54, 1.807) is 0 Å². The van der Waals surface area contributed by atoms with Crippen LogP contribution in [0.4, 0.5) is 17.6 Å². The van der Waals surface area contributed by atoms with Crippen molar-refractivity contribution in [3.8, 4) is 0 Å². The Balaban J connectivity index is 0.000000671. The third-order valence-electron chi connectivity index (χ3n) is 1.15. The van der Waals surface area contributed by atoms with Crippen molar-refractivity contribution in [2.75, 3.05) is 0 Å². The van der Waals surface area contributed by atoms with E-state index in [0.29, 0.717) is 6.07 Å². The van der Waals surface area contributed by atoms with Gasteiger partial charge in [-0.2, -0.15) is 13.2 Å². The molecular formula is C8H6F4O. The molecule has 0 saturated heterocycles. The third kappa shape index (κ3) is 3.68. The van der Waals surface area contributed by atoms with E-state index in [-0.39, 0.29) is 0 Å². The van der Waals surface area contributed by atoms with Gasteiger partial charge < -0.3 is 4.79 Å². The van der Waals surface area contributed by atoms with Crippen LogP contribution in [0.25, 0.3) is 0 Å². The van der Waals surface area contributed by atoms with Gasteiger partial charge in [0.2, 0.25) is 0 Å². The molecule has 5 heteroatoms. The van der Waals surface area contributed by atoms with Crippen molar-refractivity contribution in [2.24, 2.45) is 0 Å². The zero-order valence-corrected chi connectivity index (χ0v) is 6.44. The summed E-state index contributed by atoms with van der Waals surface area (Å²) in [6, 6.07) is 3.27. The molecule has 0 atom stereocenters. The molecule has 1 rings (SSSR count). The van der Waals surface area contributed by atoms with Gasteiger partial charge in [0.25, 0.3) is 0 Å². The van der Waals surface area contributed by atoms with Crippen LogP contribution >= 0.6 is 0 Å². The topological polar surface area (TPSA) is 17.1 Å². The van der Waals surface area contributed by atoms with Crippen molar-refractivity contribution in [3.05, 3.63) is 35.6 Å². The molecule has 1 nitrogen and oxygen atoms in total. The second kappa shape index (κ2) is 4.59. The summed E-state index contributed by atoms with van der Waals surface area (Å²) in [4.78, 5) is 8.00. The van der Waals surface area contributed by atoms with Crippen LogP contribution in [0.3, 0.4) is 0 Å². The Morgan fingerprint density at radius 1 is 1.15 bits per heavy atom. The molecule has 0 bridgehead atoms. The quantitative estimate of drug-likeness (QED) is 0.580. The number of hydrogen-bond donors (Lipinski definition) is 0. The minimum Gasteiger partial charge on any atom is -0.307 e. The second-order valence-electron chi connectivity index (χ2n) is 2.01. The highest BCUT2D eigenvalue weighted by Gasteiger charge is 2.30. The van der Waals surface area contributed by atoms with Crippen LogP contribution in [0.2, 0.25) is 0 Å². The van der Waals surface area contributed by atoms with Crippen molar-refractivity contribution in [2.45, 2.75) is 6.18 Å². The molecule has 13 heavy (non-hydrogen) atoms. The van der Waals surface area contributed by atoms with Gasteiger partial charge in [-0.1, -0.05) is 6.07 Å². The van der Waals surface area contributed by atoms with Crippen LogP contribution < -0.4 is 0 Å². The number of alkyl halides is 3. The van der Waals surface area contributed by atoms with E-state index in [9.17, 15) is 17.6 Å². The summed E-state index contributed by atoms with van der Waals surface area (Å²) in [5, 5.41) is 0. The fourth-order valence-electron chi connectivity index (χ4n) is 0.665. The van der Waals surface area contributed by atoms with Gasteiger partial charge in [-0.25, -0.2) is 4.39 Å². The Hall–Kier alpha value is -1.39. The molecule has 0 aliphatic carbocycles. The van der Waals surface area contributed by atoms with Crippen LogP contribution in [-0.4, -0.2) is 6.79 Å². The van der Waals surface area contributed by atoms with Crippen molar-refractivity contribution in [1.82, 2.24) is 0 Å².